The summed E-state index contributed by atoms with van der Waals surface area (Å²) in [5, 5.41) is 0. The standard InChI is InChI=1S/C12H8FNO/c13-12-4-2-1-3-11(12)9-5-6-10(8-15)14-7-9/h1-8H. The summed E-state index contributed by atoms with van der Waals surface area (Å²) in [5.74, 6) is -0.293. The van der Waals surface area contributed by atoms with Gasteiger partial charge in [0.05, 0.1) is 0 Å². The quantitative estimate of drug-likeness (QED) is 0.699. The molecule has 0 aliphatic heterocycles. The number of carbonyl (C=O) groups is 1. The van der Waals surface area contributed by atoms with Gasteiger partial charge in [-0.2, -0.15) is 0 Å². The first kappa shape index (κ1) is 9.52. The summed E-state index contributed by atoms with van der Waals surface area (Å²) in [6.07, 6.45) is 2.15. The van der Waals surface area contributed by atoms with Crippen molar-refractivity contribution in [3.8, 4) is 11.1 Å². The zero-order chi connectivity index (χ0) is 10.7. The lowest BCUT2D eigenvalue weighted by atomic mass is 10.1. The molecule has 0 N–H and O–H groups in total. The van der Waals surface area contributed by atoms with Crippen LogP contribution in [0, 0.1) is 5.82 Å². The van der Waals surface area contributed by atoms with Crippen LogP contribution >= 0.6 is 0 Å². The molecule has 1 aromatic carbocycles. The highest BCUT2D eigenvalue weighted by atomic mass is 19.1. The Kier molecular flexibility index (Phi) is 2.54. The van der Waals surface area contributed by atoms with Gasteiger partial charge in [-0.3, -0.25) is 9.78 Å². The molecule has 0 spiro atoms. The highest BCUT2D eigenvalue weighted by molar-refractivity contribution is 5.73. The molecule has 0 aliphatic rings. The Morgan fingerprint density at radius 2 is 1.93 bits per heavy atom. The minimum atomic E-state index is -0.293. The van der Waals surface area contributed by atoms with E-state index in [1.807, 2.05) is 0 Å². The van der Waals surface area contributed by atoms with Crippen LogP contribution in [-0.4, -0.2) is 11.3 Å². The average molecular weight is 201 g/mol. The molecule has 0 saturated heterocycles. The highest BCUT2D eigenvalue weighted by Gasteiger charge is 2.03. The number of rotatable bonds is 2. The molecule has 0 fully saturated rings. The molecule has 2 aromatic rings. The second kappa shape index (κ2) is 4.00. The third-order valence-corrected chi connectivity index (χ3v) is 2.09. The van der Waals surface area contributed by atoms with E-state index < -0.39 is 0 Å². The van der Waals surface area contributed by atoms with E-state index in [-0.39, 0.29) is 5.82 Å². The minimum absolute atomic E-state index is 0.293. The van der Waals surface area contributed by atoms with E-state index in [4.69, 9.17) is 0 Å². The van der Waals surface area contributed by atoms with Gasteiger partial charge in [-0.05, 0) is 12.1 Å². The van der Waals surface area contributed by atoms with Crippen LogP contribution in [0.1, 0.15) is 10.5 Å². The number of halogens is 1. The van der Waals surface area contributed by atoms with E-state index in [0.29, 0.717) is 23.1 Å². The number of benzene rings is 1. The van der Waals surface area contributed by atoms with Gasteiger partial charge in [-0.1, -0.05) is 24.3 Å². The molecule has 0 unspecified atom stereocenters. The summed E-state index contributed by atoms with van der Waals surface area (Å²) < 4.78 is 13.4. The molecule has 74 valence electrons. The van der Waals surface area contributed by atoms with Crippen LogP contribution < -0.4 is 0 Å². The summed E-state index contributed by atoms with van der Waals surface area (Å²) in [7, 11) is 0. The van der Waals surface area contributed by atoms with Crippen LogP contribution in [0.15, 0.2) is 42.6 Å². The van der Waals surface area contributed by atoms with Crippen LogP contribution in [0.5, 0.6) is 0 Å². The number of hydrogen-bond donors (Lipinski definition) is 0. The number of aromatic nitrogens is 1. The Morgan fingerprint density at radius 1 is 1.13 bits per heavy atom. The van der Waals surface area contributed by atoms with E-state index in [0.717, 1.165) is 0 Å². The minimum Gasteiger partial charge on any atom is -0.296 e. The van der Waals surface area contributed by atoms with Crippen LogP contribution in [-0.2, 0) is 0 Å². The molecule has 1 aromatic heterocycles. The van der Waals surface area contributed by atoms with Crippen molar-refractivity contribution in [3.05, 3.63) is 54.1 Å². The molecule has 0 radical (unpaired) electrons. The molecule has 0 amide bonds. The van der Waals surface area contributed by atoms with Gasteiger partial charge in [-0.15, -0.1) is 0 Å². The molecule has 0 bridgehead atoms. The fourth-order valence-corrected chi connectivity index (χ4v) is 1.33. The maximum atomic E-state index is 13.4. The summed E-state index contributed by atoms with van der Waals surface area (Å²) in [6.45, 7) is 0. The molecule has 0 aliphatic carbocycles. The summed E-state index contributed by atoms with van der Waals surface area (Å²) in [6, 6.07) is 9.69. The second-order valence-electron chi connectivity index (χ2n) is 3.07. The zero-order valence-corrected chi connectivity index (χ0v) is 7.85. The van der Waals surface area contributed by atoms with Crippen molar-refractivity contribution in [1.29, 1.82) is 0 Å². The topological polar surface area (TPSA) is 30.0 Å². The van der Waals surface area contributed by atoms with Crippen LogP contribution in [0.4, 0.5) is 4.39 Å². The maximum Gasteiger partial charge on any atom is 0.168 e. The molecule has 3 heteroatoms. The van der Waals surface area contributed by atoms with Gasteiger partial charge in [0.2, 0.25) is 0 Å². The lowest BCUT2D eigenvalue weighted by Crippen LogP contribution is -1.88. The lowest BCUT2D eigenvalue weighted by Gasteiger charge is -2.02. The molecular formula is C12H8FNO. The first-order valence-corrected chi connectivity index (χ1v) is 4.47. The molecule has 2 nitrogen and oxygen atoms in total. The molecular weight excluding hydrogens is 193 g/mol. The Labute approximate surface area is 86.4 Å². The normalized spacial score (nSPS) is 9.93. The Bertz CT molecular complexity index is 479. The Morgan fingerprint density at radius 3 is 2.53 bits per heavy atom. The molecule has 15 heavy (non-hydrogen) atoms. The molecule has 1 heterocycles. The first-order valence-electron chi connectivity index (χ1n) is 4.47. The number of aldehydes is 1. The van der Waals surface area contributed by atoms with Gasteiger partial charge in [-0.25, -0.2) is 4.39 Å². The SMILES string of the molecule is O=Cc1ccc(-c2ccccc2F)cn1. The van der Waals surface area contributed by atoms with Crippen molar-refractivity contribution in [2.45, 2.75) is 0 Å². The summed E-state index contributed by atoms with van der Waals surface area (Å²) in [4.78, 5) is 14.3. The van der Waals surface area contributed by atoms with Crippen molar-refractivity contribution in [1.82, 2.24) is 4.98 Å². The van der Waals surface area contributed by atoms with E-state index >= 15 is 0 Å². The van der Waals surface area contributed by atoms with Gasteiger partial charge in [0.25, 0.3) is 0 Å². The van der Waals surface area contributed by atoms with Gasteiger partial charge in [0.1, 0.15) is 11.5 Å². The number of nitrogens with zero attached hydrogens (tertiary/aromatic N) is 1. The zero-order valence-electron chi connectivity index (χ0n) is 7.85. The van der Waals surface area contributed by atoms with Gasteiger partial charge in [0, 0.05) is 17.3 Å². The van der Waals surface area contributed by atoms with Gasteiger partial charge >= 0.3 is 0 Å². The average Bonchev–Trinajstić information content (AvgIpc) is 2.30. The number of hydrogen-bond acceptors (Lipinski definition) is 2. The van der Waals surface area contributed by atoms with Gasteiger partial charge < -0.3 is 0 Å². The summed E-state index contributed by atoms with van der Waals surface area (Å²) >= 11 is 0. The van der Waals surface area contributed by atoms with Crippen molar-refractivity contribution in [3.63, 3.8) is 0 Å². The van der Waals surface area contributed by atoms with Crippen LogP contribution in [0.3, 0.4) is 0 Å². The highest BCUT2D eigenvalue weighted by Crippen LogP contribution is 2.21. The molecule has 2 rings (SSSR count). The monoisotopic (exact) mass is 201 g/mol. The van der Waals surface area contributed by atoms with Crippen molar-refractivity contribution >= 4 is 6.29 Å². The fourth-order valence-electron chi connectivity index (χ4n) is 1.33. The van der Waals surface area contributed by atoms with Crippen LogP contribution in [0.25, 0.3) is 11.1 Å². The predicted octanol–water partition coefficient (Wildman–Crippen LogP) is 2.70. The third-order valence-electron chi connectivity index (χ3n) is 2.09. The van der Waals surface area contributed by atoms with Crippen molar-refractivity contribution in [2.24, 2.45) is 0 Å². The molecule has 0 atom stereocenters. The number of pyridine rings is 1. The van der Waals surface area contributed by atoms with E-state index in [1.54, 1.807) is 30.3 Å². The third kappa shape index (κ3) is 1.91. The van der Waals surface area contributed by atoms with Crippen molar-refractivity contribution in [2.75, 3.05) is 0 Å². The van der Waals surface area contributed by atoms with Crippen molar-refractivity contribution < 1.29 is 9.18 Å². The number of carbonyl (C=O) groups excluding carboxylic acids is 1. The first-order chi connectivity index (χ1) is 7.31. The maximum absolute atomic E-state index is 13.4. The van der Waals surface area contributed by atoms with Crippen LogP contribution in [0.2, 0.25) is 0 Å². The fraction of sp³-hybridized carbons (Fsp3) is 0. The largest absolute Gasteiger partial charge is 0.296 e. The lowest BCUT2D eigenvalue weighted by molar-refractivity contribution is 0.111. The molecule has 0 saturated carbocycles. The smallest absolute Gasteiger partial charge is 0.168 e. The van der Waals surface area contributed by atoms with E-state index in [1.165, 1.54) is 12.3 Å². The van der Waals surface area contributed by atoms with E-state index in [2.05, 4.69) is 4.98 Å². The predicted molar refractivity (Wildman–Crippen MR) is 55.0 cm³/mol. The summed E-state index contributed by atoms with van der Waals surface area (Å²) in [5.41, 5.74) is 1.50. The Hall–Kier alpha value is -2.03. The van der Waals surface area contributed by atoms with Gasteiger partial charge in [0.15, 0.2) is 6.29 Å². The second-order valence-corrected chi connectivity index (χ2v) is 3.07. The van der Waals surface area contributed by atoms with E-state index in [9.17, 15) is 9.18 Å². The Balaban J connectivity index is 2.46.